The van der Waals surface area contributed by atoms with Crippen molar-refractivity contribution in [1.82, 2.24) is 0 Å². The molecule has 1 aliphatic carbocycles. The number of hydrogen-bond donors (Lipinski definition) is 1. The summed E-state index contributed by atoms with van der Waals surface area (Å²) in [6.07, 6.45) is 15.1. The number of benzene rings is 1. The Balaban J connectivity index is 1.86. The molecular weight excluding hydrogens is 242 g/mol. The second kappa shape index (κ2) is 6.42. The molecule has 0 amide bonds. The molecule has 0 saturated carbocycles. The van der Waals surface area contributed by atoms with Crippen molar-refractivity contribution in [1.29, 1.82) is 0 Å². The fraction of sp³-hybridized carbons (Fsp3) is 0.263. The maximum atomic E-state index is 3.38. The van der Waals surface area contributed by atoms with E-state index in [4.69, 9.17) is 0 Å². The standard InChI is InChI=1S/C19H23N/c1-16-10-12-18(13-11-16)20-15-7-5-9-17-8-4-6-14-19(17,2)3/h4-14,20H,15H2,1-3H3/b7-5-,17-9-. The largest absolute Gasteiger partial charge is 0.382 e. The van der Waals surface area contributed by atoms with Gasteiger partial charge in [-0.25, -0.2) is 0 Å². The number of hydrogen-bond acceptors (Lipinski definition) is 1. The number of aryl methyl sites for hydroxylation is 1. The van der Waals surface area contributed by atoms with Crippen LogP contribution >= 0.6 is 0 Å². The fourth-order valence-electron chi connectivity index (χ4n) is 2.12. The minimum Gasteiger partial charge on any atom is -0.382 e. The van der Waals surface area contributed by atoms with Crippen molar-refractivity contribution in [2.45, 2.75) is 20.8 Å². The molecule has 104 valence electrons. The molecule has 0 bridgehead atoms. The van der Waals surface area contributed by atoms with Crippen molar-refractivity contribution in [3.8, 4) is 0 Å². The zero-order valence-electron chi connectivity index (χ0n) is 12.6. The van der Waals surface area contributed by atoms with Crippen LogP contribution in [0.4, 0.5) is 5.69 Å². The molecule has 0 saturated heterocycles. The summed E-state index contributed by atoms with van der Waals surface area (Å²) in [6, 6.07) is 8.46. The average Bonchev–Trinajstić information content (AvgIpc) is 2.42. The van der Waals surface area contributed by atoms with E-state index in [0.717, 1.165) is 12.2 Å². The summed E-state index contributed by atoms with van der Waals surface area (Å²) in [4.78, 5) is 0. The predicted molar refractivity (Wildman–Crippen MR) is 89.0 cm³/mol. The van der Waals surface area contributed by atoms with E-state index in [9.17, 15) is 0 Å². The molecule has 1 aliphatic rings. The Morgan fingerprint density at radius 1 is 1.10 bits per heavy atom. The van der Waals surface area contributed by atoms with E-state index in [1.807, 2.05) is 0 Å². The minimum atomic E-state index is 0.128. The van der Waals surface area contributed by atoms with Crippen LogP contribution in [0, 0.1) is 12.3 Å². The van der Waals surface area contributed by atoms with Crippen LogP contribution in [-0.4, -0.2) is 6.54 Å². The van der Waals surface area contributed by atoms with Gasteiger partial charge in [0.1, 0.15) is 0 Å². The van der Waals surface area contributed by atoms with Gasteiger partial charge in [-0.1, -0.05) is 74.1 Å². The van der Waals surface area contributed by atoms with Gasteiger partial charge in [-0.2, -0.15) is 0 Å². The number of anilines is 1. The van der Waals surface area contributed by atoms with E-state index in [1.54, 1.807) is 0 Å². The van der Waals surface area contributed by atoms with Crippen molar-refractivity contribution in [3.05, 3.63) is 77.9 Å². The second-order valence-electron chi connectivity index (χ2n) is 5.74. The predicted octanol–water partition coefficient (Wildman–Crippen LogP) is 5.04. The Bertz CT molecular complexity index is 554. The van der Waals surface area contributed by atoms with E-state index in [-0.39, 0.29) is 5.41 Å². The number of allylic oxidation sites excluding steroid dienone is 7. The van der Waals surface area contributed by atoms with Crippen LogP contribution < -0.4 is 5.32 Å². The summed E-state index contributed by atoms with van der Waals surface area (Å²) < 4.78 is 0. The fourth-order valence-corrected chi connectivity index (χ4v) is 2.12. The van der Waals surface area contributed by atoms with Gasteiger partial charge in [0.15, 0.2) is 0 Å². The third kappa shape index (κ3) is 3.99. The van der Waals surface area contributed by atoms with Crippen molar-refractivity contribution in [3.63, 3.8) is 0 Å². The first-order valence-electron chi connectivity index (χ1n) is 7.12. The SMILES string of the molecule is Cc1ccc(NC/C=C\C=C2\C=CC=CC2(C)C)cc1. The molecule has 0 aromatic heterocycles. The average molecular weight is 265 g/mol. The van der Waals surface area contributed by atoms with Gasteiger partial charge in [0, 0.05) is 17.6 Å². The maximum Gasteiger partial charge on any atom is 0.0342 e. The second-order valence-corrected chi connectivity index (χ2v) is 5.74. The lowest BCUT2D eigenvalue weighted by atomic mass is 9.81. The summed E-state index contributed by atoms with van der Waals surface area (Å²) in [6.45, 7) is 7.41. The molecule has 0 atom stereocenters. The van der Waals surface area contributed by atoms with Gasteiger partial charge >= 0.3 is 0 Å². The van der Waals surface area contributed by atoms with Crippen molar-refractivity contribution < 1.29 is 0 Å². The molecule has 0 spiro atoms. The quantitative estimate of drug-likeness (QED) is 0.804. The van der Waals surface area contributed by atoms with E-state index in [2.05, 4.69) is 92.9 Å². The lowest BCUT2D eigenvalue weighted by Gasteiger charge is -2.24. The van der Waals surface area contributed by atoms with Crippen molar-refractivity contribution in [2.24, 2.45) is 5.41 Å². The lowest BCUT2D eigenvalue weighted by molar-refractivity contribution is 0.591. The molecule has 0 heterocycles. The Hall–Kier alpha value is -2.02. The summed E-state index contributed by atoms with van der Waals surface area (Å²) in [5.41, 5.74) is 3.92. The van der Waals surface area contributed by atoms with Gasteiger partial charge < -0.3 is 5.32 Å². The molecule has 0 aliphatic heterocycles. The highest BCUT2D eigenvalue weighted by Gasteiger charge is 2.18. The van der Waals surface area contributed by atoms with Gasteiger partial charge in [0.05, 0.1) is 0 Å². The van der Waals surface area contributed by atoms with E-state index in [1.165, 1.54) is 11.1 Å². The normalized spacial score (nSPS) is 18.9. The Morgan fingerprint density at radius 3 is 2.55 bits per heavy atom. The summed E-state index contributed by atoms with van der Waals surface area (Å²) in [5.74, 6) is 0. The summed E-state index contributed by atoms with van der Waals surface area (Å²) in [7, 11) is 0. The smallest absolute Gasteiger partial charge is 0.0342 e. The zero-order chi connectivity index (χ0) is 14.4. The highest BCUT2D eigenvalue weighted by molar-refractivity contribution is 5.45. The molecule has 1 aromatic carbocycles. The first-order chi connectivity index (χ1) is 9.58. The molecule has 1 nitrogen and oxygen atoms in total. The molecule has 0 radical (unpaired) electrons. The van der Waals surface area contributed by atoms with Crippen molar-refractivity contribution in [2.75, 3.05) is 11.9 Å². The van der Waals surface area contributed by atoms with Crippen LogP contribution in [0.2, 0.25) is 0 Å². The Kier molecular flexibility index (Phi) is 4.62. The third-order valence-electron chi connectivity index (χ3n) is 3.53. The monoisotopic (exact) mass is 265 g/mol. The zero-order valence-corrected chi connectivity index (χ0v) is 12.6. The van der Waals surface area contributed by atoms with Gasteiger partial charge in [0.25, 0.3) is 0 Å². The molecule has 2 rings (SSSR count). The molecule has 1 aromatic rings. The Morgan fingerprint density at radius 2 is 1.85 bits per heavy atom. The first-order valence-corrected chi connectivity index (χ1v) is 7.12. The minimum absolute atomic E-state index is 0.128. The van der Waals surface area contributed by atoms with Gasteiger partial charge in [0.2, 0.25) is 0 Å². The molecule has 1 heteroatoms. The van der Waals surface area contributed by atoms with Crippen LogP contribution in [-0.2, 0) is 0 Å². The van der Waals surface area contributed by atoms with E-state index >= 15 is 0 Å². The summed E-state index contributed by atoms with van der Waals surface area (Å²) in [5, 5.41) is 3.38. The molecule has 0 fully saturated rings. The van der Waals surface area contributed by atoms with Gasteiger partial charge in [-0.3, -0.25) is 0 Å². The Labute approximate surface area is 122 Å². The van der Waals surface area contributed by atoms with Crippen LogP contribution in [0.25, 0.3) is 0 Å². The molecule has 0 unspecified atom stereocenters. The molecule has 1 N–H and O–H groups in total. The van der Waals surface area contributed by atoms with Crippen molar-refractivity contribution >= 4 is 5.69 Å². The highest BCUT2D eigenvalue weighted by Crippen LogP contribution is 2.31. The van der Waals surface area contributed by atoms with E-state index < -0.39 is 0 Å². The number of nitrogens with one attached hydrogen (secondary N) is 1. The van der Waals surface area contributed by atoms with Gasteiger partial charge in [-0.15, -0.1) is 0 Å². The first kappa shape index (κ1) is 14.4. The topological polar surface area (TPSA) is 12.0 Å². The molecule has 20 heavy (non-hydrogen) atoms. The highest BCUT2D eigenvalue weighted by atomic mass is 14.8. The van der Waals surface area contributed by atoms with Crippen LogP contribution in [0.3, 0.4) is 0 Å². The van der Waals surface area contributed by atoms with Crippen LogP contribution in [0.5, 0.6) is 0 Å². The lowest BCUT2D eigenvalue weighted by Crippen LogP contribution is -2.11. The maximum absolute atomic E-state index is 3.38. The number of rotatable bonds is 4. The van der Waals surface area contributed by atoms with E-state index in [0.29, 0.717) is 0 Å². The van der Waals surface area contributed by atoms with Gasteiger partial charge in [-0.05, 0) is 24.6 Å². The molecular formula is C19H23N. The summed E-state index contributed by atoms with van der Waals surface area (Å²) >= 11 is 0. The third-order valence-corrected chi connectivity index (χ3v) is 3.53. The van der Waals surface area contributed by atoms with Crippen LogP contribution in [0.1, 0.15) is 19.4 Å². The van der Waals surface area contributed by atoms with Crippen LogP contribution in [0.15, 0.2) is 72.4 Å².